The van der Waals surface area contributed by atoms with Gasteiger partial charge in [0.05, 0.1) is 5.56 Å². The van der Waals surface area contributed by atoms with Crippen LogP contribution in [0.1, 0.15) is 81.1 Å². The molecule has 2 aliphatic rings. The van der Waals surface area contributed by atoms with E-state index in [9.17, 15) is 14.6 Å². The Hall–Kier alpha value is -1.66. The molecule has 3 rings (SSSR count). The predicted molar refractivity (Wildman–Crippen MR) is 120 cm³/mol. The van der Waals surface area contributed by atoms with Crippen molar-refractivity contribution in [2.75, 3.05) is 13.1 Å². The molecule has 164 valence electrons. The maximum atomic E-state index is 12.8. The highest BCUT2D eigenvalue weighted by atomic mass is 16.5. The van der Waals surface area contributed by atoms with E-state index < -0.39 is 7.12 Å². The normalized spacial score (nSPS) is 23.6. The summed E-state index contributed by atoms with van der Waals surface area (Å²) in [6, 6.07) is 5.48. The second-order valence-corrected chi connectivity index (χ2v) is 9.23. The first-order valence-corrected chi connectivity index (χ1v) is 11.7. The zero-order valence-electron chi connectivity index (χ0n) is 18.5. The molecule has 30 heavy (non-hydrogen) atoms. The molecule has 1 saturated carbocycles. The van der Waals surface area contributed by atoms with Crippen LogP contribution in [0.2, 0.25) is 5.82 Å². The third-order valence-electron chi connectivity index (χ3n) is 6.64. The van der Waals surface area contributed by atoms with Crippen LogP contribution in [0.15, 0.2) is 18.2 Å². The molecule has 1 fully saturated rings. The molecule has 1 aromatic carbocycles. The van der Waals surface area contributed by atoms with Crippen LogP contribution in [0, 0.1) is 11.8 Å². The first-order valence-electron chi connectivity index (χ1n) is 11.7. The zero-order chi connectivity index (χ0) is 21.5. The van der Waals surface area contributed by atoms with E-state index in [4.69, 9.17) is 4.65 Å². The molecule has 0 radical (unpaired) electrons. The number of para-hydroxylation sites is 1. The molecule has 0 saturated heterocycles. The largest absolute Gasteiger partial charge is 0.535 e. The molecular weight excluding hydrogens is 377 g/mol. The Labute approximate surface area is 181 Å². The van der Waals surface area contributed by atoms with Crippen molar-refractivity contribution in [1.29, 1.82) is 0 Å². The van der Waals surface area contributed by atoms with Gasteiger partial charge in [-0.25, -0.2) is 0 Å². The summed E-state index contributed by atoms with van der Waals surface area (Å²) in [6.45, 7) is 5.86. The fraction of sp³-hybridized carbons (Fsp3) is 0.667. The van der Waals surface area contributed by atoms with Crippen LogP contribution in [0.25, 0.3) is 0 Å². The lowest BCUT2D eigenvalue weighted by atomic mass is 9.64. The highest BCUT2D eigenvalue weighted by molar-refractivity contribution is 6.47. The molecule has 2 N–H and O–H groups in total. The van der Waals surface area contributed by atoms with E-state index in [2.05, 4.69) is 12.2 Å². The van der Waals surface area contributed by atoms with Gasteiger partial charge >= 0.3 is 7.12 Å². The van der Waals surface area contributed by atoms with Crippen molar-refractivity contribution in [3.05, 3.63) is 29.3 Å². The van der Waals surface area contributed by atoms with Gasteiger partial charge in [0.2, 0.25) is 0 Å². The van der Waals surface area contributed by atoms with Crippen LogP contribution in [0.4, 0.5) is 0 Å². The lowest BCUT2D eigenvalue weighted by Gasteiger charge is -2.30. The van der Waals surface area contributed by atoms with Gasteiger partial charge in [0.25, 0.3) is 0 Å². The standard InChI is InChI=1S/C24H36BNO4/c1-3-4-11-26-16-19-8-5-7-18(12-19)13-22(28)15-21-14-20-9-6-10-23(17(2)27)24(20)30-25(21)29/h6,9-10,18-19,21,26,29H,3-5,7-8,11-16H2,1-2H3/t18?,19?,21-/m1/s1. The van der Waals surface area contributed by atoms with Crippen LogP contribution < -0.4 is 9.97 Å². The van der Waals surface area contributed by atoms with E-state index in [0.717, 1.165) is 31.5 Å². The topological polar surface area (TPSA) is 75.6 Å². The van der Waals surface area contributed by atoms with Crippen LogP contribution in [0.5, 0.6) is 5.75 Å². The maximum absolute atomic E-state index is 12.8. The molecule has 0 bridgehead atoms. The van der Waals surface area contributed by atoms with E-state index in [-0.39, 0.29) is 17.4 Å². The second-order valence-electron chi connectivity index (χ2n) is 9.23. The zero-order valence-corrected chi connectivity index (χ0v) is 18.5. The average molecular weight is 413 g/mol. The number of rotatable bonds is 10. The van der Waals surface area contributed by atoms with Crippen molar-refractivity contribution < 1.29 is 19.3 Å². The molecule has 1 heterocycles. The Bertz CT molecular complexity index is 738. The molecule has 6 heteroatoms. The lowest BCUT2D eigenvalue weighted by Crippen LogP contribution is -2.36. The Morgan fingerprint density at radius 3 is 2.80 bits per heavy atom. The Morgan fingerprint density at radius 1 is 1.23 bits per heavy atom. The molecule has 0 spiro atoms. The van der Waals surface area contributed by atoms with Gasteiger partial charge in [0.15, 0.2) is 5.78 Å². The average Bonchev–Trinajstić information content (AvgIpc) is 2.71. The van der Waals surface area contributed by atoms with Crippen molar-refractivity contribution in [2.45, 2.75) is 77.5 Å². The quantitative estimate of drug-likeness (QED) is 0.341. The number of carbonyl (C=O) groups excluding carboxylic acids is 2. The van der Waals surface area contributed by atoms with E-state index in [0.29, 0.717) is 42.4 Å². The predicted octanol–water partition coefficient (Wildman–Crippen LogP) is 4.22. The SMILES string of the molecule is CCCCNCC1CCCC(CC(=O)C[C@H]2Cc3cccc(C(C)=O)c3OB2O)C1. The summed E-state index contributed by atoms with van der Waals surface area (Å²) in [7, 11) is -1.04. The molecule has 0 aromatic heterocycles. The smallest absolute Gasteiger partial charge is 0.526 e. The lowest BCUT2D eigenvalue weighted by molar-refractivity contribution is -0.120. The summed E-state index contributed by atoms with van der Waals surface area (Å²) in [5, 5.41) is 14.0. The molecule has 1 aliphatic carbocycles. The summed E-state index contributed by atoms with van der Waals surface area (Å²) in [5.74, 6) is 1.51. The maximum Gasteiger partial charge on any atom is 0.526 e. The third-order valence-corrected chi connectivity index (χ3v) is 6.64. The molecule has 3 atom stereocenters. The van der Waals surface area contributed by atoms with Gasteiger partial charge in [0, 0.05) is 18.7 Å². The molecule has 0 amide bonds. The van der Waals surface area contributed by atoms with Crippen LogP contribution in [-0.2, 0) is 11.2 Å². The van der Waals surface area contributed by atoms with E-state index in [1.807, 2.05) is 12.1 Å². The second kappa shape index (κ2) is 11.1. The Balaban J connectivity index is 1.50. The fourth-order valence-corrected chi connectivity index (χ4v) is 5.01. The first kappa shape index (κ1) is 23.0. The minimum Gasteiger partial charge on any atom is -0.535 e. The molecule has 5 nitrogen and oxygen atoms in total. The molecular formula is C24H36BNO4. The van der Waals surface area contributed by atoms with Gasteiger partial charge < -0.3 is 15.0 Å². The van der Waals surface area contributed by atoms with Gasteiger partial charge in [-0.05, 0) is 69.2 Å². The number of unbranched alkanes of at least 4 members (excludes halogenated alkanes) is 1. The number of nitrogens with one attached hydrogen (secondary N) is 1. The van der Waals surface area contributed by atoms with Crippen molar-refractivity contribution in [1.82, 2.24) is 5.32 Å². The van der Waals surface area contributed by atoms with Gasteiger partial charge in [0.1, 0.15) is 11.5 Å². The van der Waals surface area contributed by atoms with Gasteiger partial charge in [-0.2, -0.15) is 0 Å². The Morgan fingerprint density at radius 2 is 2.03 bits per heavy atom. The van der Waals surface area contributed by atoms with Crippen molar-refractivity contribution in [3.63, 3.8) is 0 Å². The number of fused-ring (bicyclic) bond motifs is 1. The van der Waals surface area contributed by atoms with Gasteiger partial charge in [-0.3, -0.25) is 9.59 Å². The summed E-state index contributed by atoms with van der Waals surface area (Å²) < 4.78 is 5.68. The number of benzene rings is 1. The third kappa shape index (κ3) is 6.18. The van der Waals surface area contributed by atoms with Crippen molar-refractivity contribution in [3.8, 4) is 5.75 Å². The minimum absolute atomic E-state index is 0.0791. The van der Waals surface area contributed by atoms with Crippen LogP contribution >= 0.6 is 0 Å². The van der Waals surface area contributed by atoms with Gasteiger partial charge in [-0.1, -0.05) is 38.3 Å². The van der Waals surface area contributed by atoms with E-state index in [1.54, 1.807) is 6.07 Å². The van der Waals surface area contributed by atoms with Crippen molar-refractivity contribution in [2.24, 2.45) is 11.8 Å². The summed E-state index contributed by atoms with van der Waals surface area (Å²) in [5.41, 5.74) is 1.40. The number of Topliss-reactive ketones (excluding diaryl/α,β-unsaturated/α-hetero) is 2. The minimum atomic E-state index is -1.04. The summed E-state index contributed by atoms with van der Waals surface area (Å²) >= 11 is 0. The monoisotopic (exact) mass is 413 g/mol. The Kier molecular flexibility index (Phi) is 8.52. The fourth-order valence-electron chi connectivity index (χ4n) is 5.01. The number of carbonyl (C=O) groups is 2. The summed E-state index contributed by atoms with van der Waals surface area (Å²) in [6.07, 6.45) is 8.66. The summed E-state index contributed by atoms with van der Waals surface area (Å²) in [4.78, 5) is 24.6. The number of hydrogen-bond donors (Lipinski definition) is 2. The number of ketones is 2. The van der Waals surface area contributed by atoms with E-state index >= 15 is 0 Å². The van der Waals surface area contributed by atoms with Gasteiger partial charge in [-0.15, -0.1) is 0 Å². The van der Waals surface area contributed by atoms with E-state index in [1.165, 1.54) is 32.6 Å². The van der Waals surface area contributed by atoms with Crippen LogP contribution in [0.3, 0.4) is 0 Å². The van der Waals surface area contributed by atoms with Crippen LogP contribution in [-0.4, -0.2) is 36.8 Å². The molecule has 2 unspecified atom stereocenters. The number of hydrogen-bond acceptors (Lipinski definition) is 5. The highest BCUT2D eigenvalue weighted by Crippen LogP contribution is 2.37. The van der Waals surface area contributed by atoms with Crippen molar-refractivity contribution >= 4 is 18.7 Å². The highest BCUT2D eigenvalue weighted by Gasteiger charge is 2.37. The first-order chi connectivity index (χ1) is 14.5. The molecule has 1 aromatic rings. The molecule has 1 aliphatic heterocycles.